The van der Waals surface area contributed by atoms with E-state index in [1.54, 1.807) is 0 Å². The molecule has 0 aliphatic rings. The second-order valence-electron chi connectivity index (χ2n) is 4.09. The number of hydrogen-bond donors (Lipinski definition) is 1. The molecule has 0 aliphatic heterocycles. The number of nitrogens with one attached hydrogen (secondary N) is 1. The Balaban J connectivity index is 1.94. The van der Waals surface area contributed by atoms with Gasteiger partial charge in [-0.3, -0.25) is 0 Å². The topological polar surface area (TPSA) is 21.3 Å². The van der Waals surface area contributed by atoms with E-state index in [-0.39, 0.29) is 0 Å². The molecule has 94 valence electrons. The van der Waals surface area contributed by atoms with Crippen molar-refractivity contribution in [3.8, 4) is 16.9 Å². The van der Waals surface area contributed by atoms with E-state index in [9.17, 15) is 0 Å². The first-order chi connectivity index (χ1) is 8.90. The molecule has 0 heterocycles. The second-order valence-corrected chi connectivity index (χ2v) is 4.09. The molecule has 0 amide bonds. The molecule has 2 rings (SSSR count). The van der Waals surface area contributed by atoms with Crippen LogP contribution in [0.25, 0.3) is 11.1 Å². The van der Waals surface area contributed by atoms with Crippen LogP contribution in [0.3, 0.4) is 0 Å². The summed E-state index contributed by atoms with van der Waals surface area (Å²) >= 11 is 0. The van der Waals surface area contributed by atoms with Crippen LogP contribution in [-0.4, -0.2) is 19.7 Å². The maximum Gasteiger partial charge on any atom is 0.119 e. The van der Waals surface area contributed by atoms with Gasteiger partial charge < -0.3 is 10.1 Å². The summed E-state index contributed by atoms with van der Waals surface area (Å²) in [7, 11) is 0. The highest BCUT2D eigenvalue weighted by Gasteiger charge is 1.97. The first kappa shape index (κ1) is 12.7. The monoisotopic (exact) mass is 241 g/mol. The van der Waals surface area contributed by atoms with Crippen molar-refractivity contribution in [3.63, 3.8) is 0 Å². The van der Waals surface area contributed by atoms with Crippen LogP contribution >= 0.6 is 0 Å². The highest BCUT2D eigenvalue weighted by molar-refractivity contribution is 5.63. The zero-order valence-corrected chi connectivity index (χ0v) is 10.7. The molecule has 0 aliphatic carbocycles. The van der Waals surface area contributed by atoms with Gasteiger partial charge in [0.25, 0.3) is 0 Å². The molecule has 0 bridgehead atoms. The van der Waals surface area contributed by atoms with Crippen LogP contribution < -0.4 is 10.1 Å². The Labute approximate surface area is 109 Å². The van der Waals surface area contributed by atoms with Gasteiger partial charge >= 0.3 is 0 Å². The minimum Gasteiger partial charge on any atom is -0.492 e. The third-order valence-corrected chi connectivity index (χ3v) is 2.76. The van der Waals surface area contributed by atoms with Crippen LogP contribution in [0.5, 0.6) is 5.75 Å². The Morgan fingerprint density at radius 3 is 2.22 bits per heavy atom. The van der Waals surface area contributed by atoms with E-state index < -0.39 is 0 Å². The first-order valence-electron chi connectivity index (χ1n) is 6.39. The molecule has 0 saturated carbocycles. The molecule has 2 aromatic carbocycles. The fourth-order valence-corrected chi connectivity index (χ4v) is 1.79. The molecule has 18 heavy (non-hydrogen) atoms. The normalized spacial score (nSPS) is 10.3. The summed E-state index contributed by atoms with van der Waals surface area (Å²) in [4.78, 5) is 0. The predicted octanol–water partition coefficient (Wildman–Crippen LogP) is 3.34. The summed E-state index contributed by atoms with van der Waals surface area (Å²) in [6.45, 7) is 4.67. The number of ether oxygens (including phenoxy) is 1. The molecular formula is C16H19NO. The molecule has 1 N–H and O–H groups in total. The SMILES string of the molecule is CCNCCOc1ccc(-c2ccccc2)cc1. The Bertz CT molecular complexity index is 450. The highest BCUT2D eigenvalue weighted by atomic mass is 16.5. The van der Waals surface area contributed by atoms with Gasteiger partial charge in [0.2, 0.25) is 0 Å². The van der Waals surface area contributed by atoms with Gasteiger partial charge in [-0.2, -0.15) is 0 Å². The van der Waals surface area contributed by atoms with Crippen LogP contribution in [-0.2, 0) is 0 Å². The summed E-state index contributed by atoms with van der Waals surface area (Å²) in [6, 6.07) is 18.6. The number of hydrogen-bond acceptors (Lipinski definition) is 2. The van der Waals surface area contributed by atoms with Gasteiger partial charge in [-0.25, -0.2) is 0 Å². The fourth-order valence-electron chi connectivity index (χ4n) is 1.79. The molecule has 0 saturated heterocycles. The van der Waals surface area contributed by atoms with E-state index in [1.165, 1.54) is 11.1 Å². The van der Waals surface area contributed by atoms with Crippen molar-refractivity contribution < 1.29 is 4.74 Å². The third-order valence-electron chi connectivity index (χ3n) is 2.76. The summed E-state index contributed by atoms with van der Waals surface area (Å²) in [5.74, 6) is 0.924. The Morgan fingerprint density at radius 1 is 0.889 bits per heavy atom. The minimum atomic E-state index is 0.707. The van der Waals surface area contributed by atoms with Crippen molar-refractivity contribution in [3.05, 3.63) is 54.6 Å². The molecule has 0 spiro atoms. The van der Waals surface area contributed by atoms with Crippen LogP contribution in [0.4, 0.5) is 0 Å². The van der Waals surface area contributed by atoms with Crippen molar-refractivity contribution in [1.29, 1.82) is 0 Å². The molecule has 0 radical (unpaired) electrons. The largest absolute Gasteiger partial charge is 0.492 e. The zero-order chi connectivity index (χ0) is 12.6. The van der Waals surface area contributed by atoms with E-state index >= 15 is 0 Å². The first-order valence-corrected chi connectivity index (χ1v) is 6.39. The number of likely N-dealkylation sites (N-methyl/N-ethyl adjacent to an activating group) is 1. The molecule has 2 heteroatoms. The van der Waals surface area contributed by atoms with Gasteiger partial charge in [0.05, 0.1) is 0 Å². The molecule has 0 atom stereocenters. The Hall–Kier alpha value is -1.80. The summed E-state index contributed by atoms with van der Waals surface area (Å²) in [5, 5.41) is 3.23. The van der Waals surface area contributed by atoms with Gasteiger partial charge in [-0.15, -0.1) is 0 Å². The van der Waals surface area contributed by atoms with Crippen molar-refractivity contribution >= 4 is 0 Å². The lowest BCUT2D eigenvalue weighted by atomic mass is 10.1. The maximum atomic E-state index is 5.64. The number of benzene rings is 2. The maximum absolute atomic E-state index is 5.64. The molecule has 2 aromatic rings. The van der Waals surface area contributed by atoms with E-state index in [2.05, 4.69) is 48.6 Å². The summed E-state index contributed by atoms with van der Waals surface area (Å²) < 4.78 is 5.64. The molecular weight excluding hydrogens is 222 g/mol. The van der Waals surface area contributed by atoms with Crippen molar-refractivity contribution in [2.45, 2.75) is 6.92 Å². The minimum absolute atomic E-state index is 0.707. The van der Waals surface area contributed by atoms with E-state index in [1.807, 2.05) is 18.2 Å². The third kappa shape index (κ3) is 3.60. The lowest BCUT2D eigenvalue weighted by Gasteiger charge is -2.07. The molecule has 2 nitrogen and oxygen atoms in total. The van der Waals surface area contributed by atoms with Crippen LogP contribution in [0.2, 0.25) is 0 Å². The van der Waals surface area contributed by atoms with Crippen LogP contribution in [0.15, 0.2) is 54.6 Å². The van der Waals surface area contributed by atoms with Crippen molar-refractivity contribution in [2.24, 2.45) is 0 Å². The zero-order valence-electron chi connectivity index (χ0n) is 10.7. The van der Waals surface area contributed by atoms with E-state index in [0.29, 0.717) is 6.61 Å². The Morgan fingerprint density at radius 2 is 1.56 bits per heavy atom. The van der Waals surface area contributed by atoms with E-state index in [4.69, 9.17) is 4.74 Å². The average Bonchev–Trinajstić information content (AvgIpc) is 2.45. The van der Waals surface area contributed by atoms with Crippen LogP contribution in [0.1, 0.15) is 6.92 Å². The standard InChI is InChI=1S/C16H19NO/c1-2-17-12-13-18-16-10-8-15(9-11-16)14-6-4-3-5-7-14/h3-11,17H,2,12-13H2,1H3. The molecule has 0 aromatic heterocycles. The molecule has 0 fully saturated rings. The van der Waals surface area contributed by atoms with E-state index in [0.717, 1.165) is 18.8 Å². The number of rotatable bonds is 6. The van der Waals surface area contributed by atoms with Gasteiger partial charge in [0.15, 0.2) is 0 Å². The fraction of sp³-hybridized carbons (Fsp3) is 0.250. The van der Waals surface area contributed by atoms with Gasteiger partial charge in [0, 0.05) is 6.54 Å². The summed E-state index contributed by atoms with van der Waals surface area (Å²) in [5.41, 5.74) is 2.45. The lowest BCUT2D eigenvalue weighted by Crippen LogP contribution is -2.20. The predicted molar refractivity (Wildman–Crippen MR) is 75.9 cm³/mol. The summed E-state index contributed by atoms with van der Waals surface area (Å²) in [6.07, 6.45) is 0. The van der Waals surface area contributed by atoms with Crippen molar-refractivity contribution in [2.75, 3.05) is 19.7 Å². The smallest absolute Gasteiger partial charge is 0.119 e. The van der Waals surface area contributed by atoms with Gasteiger partial charge in [-0.1, -0.05) is 49.4 Å². The van der Waals surface area contributed by atoms with Crippen LogP contribution in [0, 0.1) is 0 Å². The van der Waals surface area contributed by atoms with Gasteiger partial charge in [0.1, 0.15) is 12.4 Å². The quantitative estimate of drug-likeness (QED) is 0.783. The van der Waals surface area contributed by atoms with Gasteiger partial charge in [-0.05, 0) is 29.8 Å². The Kier molecular flexibility index (Phi) is 4.79. The second kappa shape index (κ2) is 6.82. The average molecular weight is 241 g/mol. The lowest BCUT2D eigenvalue weighted by molar-refractivity contribution is 0.315. The molecule has 0 unspecified atom stereocenters. The highest BCUT2D eigenvalue weighted by Crippen LogP contribution is 2.21. The van der Waals surface area contributed by atoms with Crippen molar-refractivity contribution in [1.82, 2.24) is 5.32 Å².